The SMILES string of the molecule is CCC(CN)C(NC)c1ccc(C)cc1. The minimum Gasteiger partial charge on any atom is -0.330 e. The molecule has 0 bridgehead atoms. The summed E-state index contributed by atoms with van der Waals surface area (Å²) in [5, 5.41) is 3.36. The van der Waals surface area contributed by atoms with Gasteiger partial charge in [-0.1, -0.05) is 43.2 Å². The number of rotatable bonds is 5. The summed E-state index contributed by atoms with van der Waals surface area (Å²) in [4.78, 5) is 0. The second kappa shape index (κ2) is 5.89. The molecular weight excluding hydrogens is 184 g/mol. The van der Waals surface area contributed by atoms with Gasteiger partial charge < -0.3 is 11.1 Å². The maximum atomic E-state index is 5.79. The summed E-state index contributed by atoms with van der Waals surface area (Å²) < 4.78 is 0. The third kappa shape index (κ3) is 3.05. The molecule has 2 unspecified atom stereocenters. The van der Waals surface area contributed by atoms with Crippen molar-refractivity contribution >= 4 is 0 Å². The zero-order valence-electron chi connectivity index (χ0n) is 9.96. The molecule has 0 amide bonds. The number of nitrogens with one attached hydrogen (secondary N) is 1. The zero-order valence-corrected chi connectivity index (χ0v) is 9.96. The van der Waals surface area contributed by atoms with Crippen molar-refractivity contribution in [2.24, 2.45) is 11.7 Å². The van der Waals surface area contributed by atoms with E-state index in [1.54, 1.807) is 0 Å². The Morgan fingerprint density at radius 1 is 1.27 bits per heavy atom. The van der Waals surface area contributed by atoms with E-state index in [-0.39, 0.29) is 0 Å². The molecule has 15 heavy (non-hydrogen) atoms. The molecule has 0 aliphatic rings. The molecule has 0 saturated carbocycles. The largest absolute Gasteiger partial charge is 0.330 e. The highest BCUT2D eigenvalue weighted by Crippen LogP contribution is 2.23. The van der Waals surface area contributed by atoms with Crippen molar-refractivity contribution in [3.8, 4) is 0 Å². The number of hydrogen-bond donors (Lipinski definition) is 2. The second-order valence-electron chi connectivity index (χ2n) is 4.08. The lowest BCUT2D eigenvalue weighted by Crippen LogP contribution is -2.30. The van der Waals surface area contributed by atoms with Crippen LogP contribution in [0, 0.1) is 12.8 Å². The Morgan fingerprint density at radius 3 is 2.27 bits per heavy atom. The van der Waals surface area contributed by atoms with Crippen molar-refractivity contribution < 1.29 is 0 Å². The minimum atomic E-state index is 0.376. The van der Waals surface area contributed by atoms with Crippen LogP contribution in [0.3, 0.4) is 0 Å². The van der Waals surface area contributed by atoms with Gasteiger partial charge in [0.15, 0.2) is 0 Å². The van der Waals surface area contributed by atoms with Gasteiger partial charge in [-0.3, -0.25) is 0 Å². The normalized spacial score (nSPS) is 14.9. The van der Waals surface area contributed by atoms with Gasteiger partial charge in [0.25, 0.3) is 0 Å². The molecule has 0 aliphatic heterocycles. The summed E-state index contributed by atoms with van der Waals surface area (Å²) in [6.07, 6.45) is 1.11. The van der Waals surface area contributed by atoms with Gasteiger partial charge in [-0.15, -0.1) is 0 Å². The highest BCUT2D eigenvalue weighted by molar-refractivity contribution is 5.24. The van der Waals surface area contributed by atoms with E-state index in [9.17, 15) is 0 Å². The molecule has 2 atom stereocenters. The van der Waals surface area contributed by atoms with Gasteiger partial charge in [0, 0.05) is 6.04 Å². The number of aryl methyl sites for hydroxylation is 1. The first-order valence-corrected chi connectivity index (χ1v) is 5.66. The van der Waals surface area contributed by atoms with Gasteiger partial charge in [0.1, 0.15) is 0 Å². The maximum Gasteiger partial charge on any atom is 0.0358 e. The first-order valence-electron chi connectivity index (χ1n) is 5.66. The molecule has 0 aromatic heterocycles. The van der Waals surface area contributed by atoms with E-state index in [1.165, 1.54) is 11.1 Å². The van der Waals surface area contributed by atoms with E-state index in [2.05, 4.69) is 43.4 Å². The van der Waals surface area contributed by atoms with Crippen molar-refractivity contribution in [3.63, 3.8) is 0 Å². The smallest absolute Gasteiger partial charge is 0.0358 e. The molecular formula is C13H22N2. The average Bonchev–Trinajstić information content (AvgIpc) is 2.27. The summed E-state index contributed by atoms with van der Waals surface area (Å²) in [6, 6.07) is 9.07. The van der Waals surface area contributed by atoms with E-state index in [0.29, 0.717) is 12.0 Å². The van der Waals surface area contributed by atoms with Crippen molar-refractivity contribution in [1.29, 1.82) is 0 Å². The minimum absolute atomic E-state index is 0.376. The van der Waals surface area contributed by atoms with E-state index in [4.69, 9.17) is 5.73 Å². The van der Waals surface area contributed by atoms with Crippen LogP contribution in [0.25, 0.3) is 0 Å². The maximum absolute atomic E-state index is 5.79. The second-order valence-corrected chi connectivity index (χ2v) is 4.08. The Morgan fingerprint density at radius 2 is 1.87 bits per heavy atom. The first-order chi connectivity index (χ1) is 7.22. The van der Waals surface area contributed by atoms with Gasteiger partial charge in [0.2, 0.25) is 0 Å². The molecule has 0 spiro atoms. The number of benzene rings is 1. The summed E-state index contributed by atoms with van der Waals surface area (Å²) in [7, 11) is 2.00. The monoisotopic (exact) mass is 206 g/mol. The van der Waals surface area contributed by atoms with E-state index >= 15 is 0 Å². The van der Waals surface area contributed by atoms with Crippen LogP contribution in [0.15, 0.2) is 24.3 Å². The van der Waals surface area contributed by atoms with Crippen LogP contribution >= 0.6 is 0 Å². The average molecular weight is 206 g/mol. The van der Waals surface area contributed by atoms with Crippen molar-refractivity contribution in [1.82, 2.24) is 5.32 Å². The van der Waals surface area contributed by atoms with Gasteiger partial charge in [0.05, 0.1) is 0 Å². The van der Waals surface area contributed by atoms with Crippen LogP contribution in [-0.2, 0) is 0 Å². The molecule has 1 aromatic carbocycles. The van der Waals surface area contributed by atoms with Crippen molar-refractivity contribution in [2.75, 3.05) is 13.6 Å². The van der Waals surface area contributed by atoms with Gasteiger partial charge in [-0.05, 0) is 32.0 Å². The Bertz CT molecular complexity index is 275. The van der Waals surface area contributed by atoms with E-state index < -0.39 is 0 Å². The third-order valence-electron chi connectivity index (χ3n) is 3.05. The van der Waals surface area contributed by atoms with Crippen LogP contribution in [0.4, 0.5) is 0 Å². The Hall–Kier alpha value is -0.860. The van der Waals surface area contributed by atoms with Crippen LogP contribution in [0.2, 0.25) is 0 Å². The van der Waals surface area contributed by atoms with Gasteiger partial charge in [-0.2, -0.15) is 0 Å². The Labute approximate surface area is 92.9 Å². The fourth-order valence-electron chi connectivity index (χ4n) is 1.99. The predicted molar refractivity (Wildman–Crippen MR) is 65.8 cm³/mol. The highest BCUT2D eigenvalue weighted by atomic mass is 14.9. The lowest BCUT2D eigenvalue weighted by atomic mass is 9.90. The summed E-state index contributed by atoms with van der Waals surface area (Å²) in [5.41, 5.74) is 8.42. The summed E-state index contributed by atoms with van der Waals surface area (Å²) in [5.74, 6) is 0.512. The molecule has 84 valence electrons. The molecule has 3 N–H and O–H groups in total. The van der Waals surface area contributed by atoms with E-state index in [0.717, 1.165) is 13.0 Å². The van der Waals surface area contributed by atoms with Crippen LogP contribution in [0.1, 0.15) is 30.5 Å². The van der Waals surface area contributed by atoms with Crippen molar-refractivity contribution in [3.05, 3.63) is 35.4 Å². The summed E-state index contributed by atoms with van der Waals surface area (Å²) >= 11 is 0. The molecule has 0 heterocycles. The molecule has 0 saturated heterocycles. The van der Waals surface area contributed by atoms with Crippen LogP contribution in [0.5, 0.6) is 0 Å². The lowest BCUT2D eigenvalue weighted by molar-refractivity contribution is 0.378. The zero-order chi connectivity index (χ0) is 11.3. The lowest BCUT2D eigenvalue weighted by Gasteiger charge is -2.25. The predicted octanol–water partition coefficient (Wildman–Crippen LogP) is 2.24. The van der Waals surface area contributed by atoms with Gasteiger partial charge >= 0.3 is 0 Å². The van der Waals surface area contributed by atoms with Gasteiger partial charge in [-0.25, -0.2) is 0 Å². The van der Waals surface area contributed by atoms with Crippen LogP contribution in [-0.4, -0.2) is 13.6 Å². The Balaban J connectivity index is 2.86. The Kier molecular flexibility index (Phi) is 4.79. The molecule has 1 aromatic rings. The standard InChI is InChI=1S/C13H22N2/c1-4-11(9-14)13(15-3)12-7-5-10(2)6-8-12/h5-8,11,13,15H,4,9,14H2,1-3H3. The molecule has 1 rings (SSSR count). The molecule has 0 aliphatic carbocycles. The first kappa shape index (κ1) is 12.2. The van der Waals surface area contributed by atoms with Crippen LogP contribution < -0.4 is 11.1 Å². The fourth-order valence-corrected chi connectivity index (χ4v) is 1.99. The quantitative estimate of drug-likeness (QED) is 0.775. The van der Waals surface area contributed by atoms with E-state index in [1.807, 2.05) is 7.05 Å². The molecule has 2 heteroatoms. The number of hydrogen-bond acceptors (Lipinski definition) is 2. The molecule has 0 radical (unpaired) electrons. The third-order valence-corrected chi connectivity index (χ3v) is 3.05. The van der Waals surface area contributed by atoms with Crippen molar-refractivity contribution in [2.45, 2.75) is 26.3 Å². The summed E-state index contributed by atoms with van der Waals surface area (Å²) in [6.45, 7) is 5.03. The topological polar surface area (TPSA) is 38.0 Å². The molecule has 2 nitrogen and oxygen atoms in total. The molecule has 0 fully saturated rings. The highest BCUT2D eigenvalue weighted by Gasteiger charge is 2.18. The fraction of sp³-hybridized carbons (Fsp3) is 0.538. The number of nitrogens with two attached hydrogens (primary N) is 1.